The molecule has 1 fully saturated rings. The molecule has 150 valence electrons. The Morgan fingerprint density at radius 3 is 2.38 bits per heavy atom. The molecular weight excluding hydrogens is 358 g/mol. The van der Waals surface area contributed by atoms with Crippen LogP contribution in [0.1, 0.15) is 30.5 Å². The summed E-state index contributed by atoms with van der Waals surface area (Å²) >= 11 is 0. The zero-order chi connectivity index (χ0) is 20.1. The van der Waals surface area contributed by atoms with Crippen molar-refractivity contribution in [2.24, 2.45) is 0 Å². The summed E-state index contributed by atoms with van der Waals surface area (Å²) in [5.74, 6) is 1.54. The fourth-order valence-electron chi connectivity index (χ4n) is 3.77. The number of aromatic nitrogens is 2. The monoisotopic (exact) mass is 387 g/mol. The molecule has 5 heteroatoms. The summed E-state index contributed by atoms with van der Waals surface area (Å²) in [6, 6.07) is 21.0. The third-order valence-corrected chi connectivity index (χ3v) is 5.31. The zero-order valence-corrected chi connectivity index (χ0v) is 17.3. The Bertz CT molecular complexity index is 918. The molecule has 2 aromatic carbocycles. The second-order valence-electron chi connectivity index (χ2n) is 7.76. The number of rotatable bonds is 6. The third kappa shape index (κ3) is 5.05. The molecule has 0 saturated carbocycles. The van der Waals surface area contributed by atoms with Crippen molar-refractivity contribution >= 4 is 23.1 Å². The molecular formula is C24H29N5. The Labute approximate surface area is 173 Å². The first-order valence-electron chi connectivity index (χ1n) is 10.4. The lowest BCUT2D eigenvalue weighted by atomic mass is 10.1. The number of hydrogen-bond donors (Lipinski definition) is 1. The van der Waals surface area contributed by atoms with Crippen LogP contribution in [0, 0.1) is 6.92 Å². The fourth-order valence-corrected chi connectivity index (χ4v) is 3.77. The maximum Gasteiger partial charge on any atom is 0.227 e. The van der Waals surface area contributed by atoms with E-state index in [0.717, 1.165) is 42.8 Å². The van der Waals surface area contributed by atoms with Crippen LogP contribution >= 0.6 is 0 Å². The Morgan fingerprint density at radius 1 is 0.931 bits per heavy atom. The quantitative estimate of drug-likeness (QED) is 0.633. The van der Waals surface area contributed by atoms with Gasteiger partial charge in [0, 0.05) is 49.8 Å². The number of anilines is 4. The minimum Gasteiger partial charge on any atom is -0.372 e. The van der Waals surface area contributed by atoms with Gasteiger partial charge in [0.2, 0.25) is 5.95 Å². The van der Waals surface area contributed by atoms with E-state index in [-0.39, 0.29) is 0 Å². The highest BCUT2D eigenvalue weighted by atomic mass is 15.2. The number of aryl methyl sites for hydroxylation is 1. The fraction of sp³-hybridized carbons (Fsp3) is 0.333. The first-order chi connectivity index (χ1) is 14.2. The molecule has 0 spiro atoms. The smallest absolute Gasteiger partial charge is 0.227 e. The van der Waals surface area contributed by atoms with Gasteiger partial charge in [-0.25, -0.2) is 4.98 Å². The molecule has 1 aliphatic rings. The molecule has 1 N–H and O–H groups in total. The largest absolute Gasteiger partial charge is 0.372 e. The summed E-state index contributed by atoms with van der Waals surface area (Å²) < 4.78 is 0. The molecule has 1 aromatic heterocycles. The van der Waals surface area contributed by atoms with Gasteiger partial charge in [-0.05, 0) is 56.0 Å². The molecule has 4 rings (SSSR count). The van der Waals surface area contributed by atoms with Crippen LogP contribution in [0.2, 0.25) is 0 Å². The van der Waals surface area contributed by atoms with E-state index in [1.807, 2.05) is 26.1 Å². The minimum atomic E-state index is 0.723. The summed E-state index contributed by atoms with van der Waals surface area (Å²) in [7, 11) is 2.03. The van der Waals surface area contributed by atoms with E-state index in [2.05, 4.69) is 68.6 Å². The van der Waals surface area contributed by atoms with Crippen LogP contribution in [0.15, 0.2) is 60.7 Å². The molecule has 29 heavy (non-hydrogen) atoms. The van der Waals surface area contributed by atoms with E-state index in [4.69, 9.17) is 4.98 Å². The Hall–Kier alpha value is -3.08. The summed E-state index contributed by atoms with van der Waals surface area (Å²) in [5, 5.41) is 3.44. The van der Waals surface area contributed by atoms with E-state index in [1.54, 1.807) is 0 Å². The van der Waals surface area contributed by atoms with Gasteiger partial charge >= 0.3 is 0 Å². The van der Waals surface area contributed by atoms with Gasteiger partial charge < -0.3 is 15.1 Å². The van der Waals surface area contributed by atoms with Crippen LogP contribution in [0.4, 0.5) is 23.1 Å². The van der Waals surface area contributed by atoms with Crippen molar-refractivity contribution < 1.29 is 0 Å². The highest BCUT2D eigenvalue weighted by molar-refractivity contribution is 5.62. The van der Waals surface area contributed by atoms with Crippen molar-refractivity contribution in [3.05, 3.63) is 71.9 Å². The van der Waals surface area contributed by atoms with E-state index < -0.39 is 0 Å². The lowest BCUT2D eigenvalue weighted by Crippen LogP contribution is -2.29. The molecule has 1 saturated heterocycles. The summed E-state index contributed by atoms with van der Waals surface area (Å²) in [6.45, 7) is 5.10. The van der Waals surface area contributed by atoms with Crippen molar-refractivity contribution in [3.8, 4) is 0 Å². The Balaban J connectivity index is 1.46. The Morgan fingerprint density at radius 2 is 1.66 bits per heavy atom. The third-order valence-electron chi connectivity index (χ3n) is 5.31. The second-order valence-corrected chi connectivity index (χ2v) is 7.76. The van der Waals surface area contributed by atoms with Crippen LogP contribution in [0.25, 0.3) is 0 Å². The van der Waals surface area contributed by atoms with E-state index in [0.29, 0.717) is 0 Å². The van der Waals surface area contributed by atoms with Gasteiger partial charge in [-0.3, -0.25) is 0 Å². The van der Waals surface area contributed by atoms with Crippen LogP contribution in [0.3, 0.4) is 0 Å². The van der Waals surface area contributed by atoms with Gasteiger partial charge in [0.05, 0.1) is 0 Å². The number of nitrogens with zero attached hydrogens (tertiary/aromatic N) is 4. The van der Waals surface area contributed by atoms with Crippen molar-refractivity contribution in [2.75, 3.05) is 35.3 Å². The van der Waals surface area contributed by atoms with Crippen LogP contribution < -0.4 is 15.1 Å². The predicted octanol–water partition coefficient (Wildman–Crippen LogP) is 5.16. The van der Waals surface area contributed by atoms with Crippen LogP contribution in [-0.2, 0) is 6.54 Å². The molecule has 0 bridgehead atoms. The molecule has 3 aromatic rings. The normalized spacial score (nSPS) is 13.9. The van der Waals surface area contributed by atoms with E-state index >= 15 is 0 Å². The topological polar surface area (TPSA) is 44.3 Å². The maximum absolute atomic E-state index is 4.73. The van der Waals surface area contributed by atoms with E-state index in [1.165, 1.54) is 30.5 Å². The van der Waals surface area contributed by atoms with Gasteiger partial charge in [0.1, 0.15) is 5.82 Å². The van der Waals surface area contributed by atoms with Crippen molar-refractivity contribution in [1.82, 2.24) is 9.97 Å². The number of benzene rings is 2. The molecule has 5 nitrogen and oxygen atoms in total. The SMILES string of the molecule is Cc1cc(Nc2ccc(N3CCCCC3)cc2)nc(N(C)Cc2ccccc2)n1. The molecule has 0 unspecified atom stereocenters. The van der Waals surface area contributed by atoms with E-state index in [9.17, 15) is 0 Å². The first kappa shape index (κ1) is 19.2. The lowest BCUT2D eigenvalue weighted by Gasteiger charge is -2.28. The van der Waals surface area contributed by atoms with Crippen molar-refractivity contribution in [3.63, 3.8) is 0 Å². The Kier molecular flexibility index (Phi) is 5.94. The predicted molar refractivity (Wildman–Crippen MR) is 121 cm³/mol. The number of piperidine rings is 1. The summed E-state index contributed by atoms with van der Waals surface area (Å²) in [5.41, 5.74) is 4.53. The van der Waals surface area contributed by atoms with Gasteiger partial charge in [0.25, 0.3) is 0 Å². The average Bonchev–Trinajstić information content (AvgIpc) is 2.75. The zero-order valence-electron chi connectivity index (χ0n) is 17.3. The van der Waals surface area contributed by atoms with Crippen LogP contribution in [-0.4, -0.2) is 30.1 Å². The lowest BCUT2D eigenvalue weighted by molar-refractivity contribution is 0.578. The number of nitrogens with one attached hydrogen (secondary N) is 1. The number of hydrogen-bond acceptors (Lipinski definition) is 5. The first-order valence-corrected chi connectivity index (χ1v) is 10.4. The molecule has 0 radical (unpaired) electrons. The average molecular weight is 388 g/mol. The minimum absolute atomic E-state index is 0.723. The second kappa shape index (κ2) is 8.95. The molecule has 2 heterocycles. The molecule has 0 atom stereocenters. The van der Waals surface area contributed by atoms with Gasteiger partial charge in [-0.2, -0.15) is 4.98 Å². The summed E-state index contributed by atoms with van der Waals surface area (Å²) in [4.78, 5) is 13.9. The highest BCUT2D eigenvalue weighted by Gasteiger charge is 2.11. The van der Waals surface area contributed by atoms with Crippen LogP contribution in [0.5, 0.6) is 0 Å². The molecule has 0 amide bonds. The van der Waals surface area contributed by atoms with Gasteiger partial charge in [-0.1, -0.05) is 30.3 Å². The molecule has 1 aliphatic heterocycles. The van der Waals surface area contributed by atoms with Crippen molar-refractivity contribution in [1.29, 1.82) is 0 Å². The van der Waals surface area contributed by atoms with Gasteiger partial charge in [0.15, 0.2) is 0 Å². The van der Waals surface area contributed by atoms with Crippen molar-refractivity contribution in [2.45, 2.75) is 32.7 Å². The standard InChI is InChI=1S/C24H29N5/c1-19-17-23(27-24(25-19)28(2)18-20-9-5-3-6-10-20)26-21-11-13-22(14-12-21)29-15-7-4-8-16-29/h3,5-6,9-14,17H,4,7-8,15-16,18H2,1-2H3,(H,25,26,27). The maximum atomic E-state index is 4.73. The summed E-state index contributed by atoms with van der Waals surface area (Å²) in [6.07, 6.45) is 3.93. The molecule has 0 aliphatic carbocycles. The highest BCUT2D eigenvalue weighted by Crippen LogP contribution is 2.24. The van der Waals surface area contributed by atoms with Gasteiger partial charge in [-0.15, -0.1) is 0 Å².